The molecule has 4 N–H and O–H groups in total. The van der Waals surface area contributed by atoms with Crippen molar-refractivity contribution in [2.45, 2.75) is 18.8 Å². The number of hydrogen-bond donors (Lipinski definition) is 2. The summed E-state index contributed by atoms with van der Waals surface area (Å²) in [4.78, 5) is 21.6. The normalized spacial score (nSPS) is 14.2. The molecule has 6 nitrogen and oxygen atoms in total. The number of nitrogens with one attached hydrogen (secondary N) is 1. The molecule has 0 fully saturated rings. The van der Waals surface area contributed by atoms with E-state index in [2.05, 4.69) is 4.74 Å². The van der Waals surface area contributed by atoms with Crippen molar-refractivity contribution in [1.82, 2.24) is 5.32 Å². The van der Waals surface area contributed by atoms with Gasteiger partial charge in [-0.2, -0.15) is 13.2 Å². The maximum atomic E-state index is 12.4. The van der Waals surface area contributed by atoms with Crippen LogP contribution < -0.4 is 5.32 Å². The Hall–Kier alpha value is -1.06. The topological polar surface area (TPSA) is 107 Å². The van der Waals surface area contributed by atoms with E-state index < -0.39 is 29.7 Å². The van der Waals surface area contributed by atoms with Crippen molar-refractivity contribution in [1.29, 1.82) is 0 Å². The van der Waals surface area contributed by atoms with Crippen LogP contribution in [-0.2, 0) is 14.3 Å². The molecule has 1 amide bonds. The summed E-state index contributed by atoms with van der Waals surface area (Å²) in [5.41, 5.74) is -4.07. The van der Waals surface area contributed by atoms with Crippen molar-refractivity contribution in [2.75, 3.05) is 12.5 Å². The Labute approximate surface area is 99.0 Å². The zero-order valence-electron chi connectivity index (χ0n) is 8.60. The number of carbonyl (C=O) groups is 2. The van der Waals surface area contributed by atoms with Gasteiger partial charge < -0.3 is 20.6 Å². The molecule has 1 atom stereocenters. The van der Waals surface area contributed by atoms with Gasteiger partial charge in [0.05, 0.1) is 6.61 Å². The maximum absolute atomic E-state index is 12.4. The maximum Gasteiger partial charge on any atom is 0.448 e. The van der Waals surface area contributed by atoms with E-state index in [0.29, 0.717) is 0 Å². The molecule has 0 aromatic carbocycles. The van der Waals surface area contributed by atoms with E-state index in [4.69, 9.17) is 16.7 Å². The molecular weight excluding hydrogens is 271 g/mol. The second kappa shape index (κ2) is 6.62. The fourth-order valence-electron chi connectivity index (χ4n) is 0.708. The highest BCUT2D eigenvalue weighted by molar-refractivity contribution is 6.27. The van der Waals surface area contributed by atoms with Gasteiger partial charge in [0.25, 0.3) is 0 Å². The monoisotopic (exact) mass is 281 g/mol. The minimum absolute atomic E-state index is 0. The third-order valence-corrected chi connectivity index (χ3v) is 1.67. The number of carbonyl (C=O) groups excluding carboxylic acids is 2. The van der Waals surface area contributed by atoms with Gasteiger partial charge in [0.2, 0.25) is 5.91 Å². The first-order valence-electron chi connectivity index (χ1n) is 4.02. The van der Waals surface area contributed by atoms with Gasteiger partial charge >= 0.3 is 17.9 Å². The van der Waals surface area contributed by atoms with Crippen molar-refractivity contribution in [3.63, 3.8) is 0 Å². The lowest BCUT2D eigenvalue weighted by molar-refractivity contribution is -0.271. The molecular formula is C7H11ClF3NO5. The highest BCUT2D eigenvalue weighted by Crippen LogP contribution is 2.29. The van der Waals surface area contributed by atoms with Gasteiger partial charge in [-0.1, -0.05) is 0 Å². The van der Waals surface area contributed by atoms with Crippen LogP contribution in [0, 0.1) is 0 Å². The Bertz CT molecular complexity index is 285. The van der Waals surface area contributed by atoms with Crippen LogP contribution in [0.15, 0.2) is 0 Å². The predicted octanol–water partition coefficient (Wildman–Crippen LogP) is -0.669. The van der Waals surface area contributed by atoms with Gasteiger partial charge in [-0.3, -0.25) is 4.79 Å². The summed E-state index contributed by atoms with van der Waals surface area (Å²) in [5.74, 6) is -4.20. The first-order valence-corrected chi connectivity index (χ1v) is 4.55. The smallest absolute Gasteiger partial charge is 0.448 e. The van der Waals surface area contributed by atoms with Gasteiger partial charge in [-0.05, 0) is 6.92 Å². The Morgan fingerprint density at radius 2 is 1.88 bits per heavy atom. The van der Waals surface area contributed by atoms with Crippen LogP contribution in [0.25, 0.3) is 0 Å². The summed E-state index contributed by atoms with van der Waals surface area (Å²) in [6.45, 7) is 0.867. The molecule has 1 unspecified atom stereocenters. The van der Waals surface area contributed by atoms with Crippen LogP contribution in [0.3, 0.4) is 0 Å². The summed E-state index contributed by atoms with van der Waals surface area (Å²) in [6.07, 6.45) is -5.40. The molecule has 0 radical (unpaired) electrons. The van der Waals surface area contributed by atoms with Crippen molar-refractivity contribution in [3.8, 4) is 0 Å². The van der Waals surface area contributed by atoms with E-state index in [0.717, 1.165) is 5.32 Å². The van der Waals surface area contributed by atoms with Gasteiger partial charge in [0, 0.05) is 0 Å². The van der Waals surface area contributed by atoms with E-state index in [9.17, 15) is 22.8 Å². The predicted molar refractivity (Wildman–Crippen MR) is 50.1 cm³/mol. The van der Waals surface area contributed by atoms with Crippen molar-refractivity contribution < 1.29 is 38.1 Å². The summed E-state index contributed by atoms with van der Waals surface area (Å²) in [5, 5.41) is 10.1. The fourth-order valence-corrected chi connectivity index (χ4v) is 0.775. The van der Waals surface area contributed by atoms with Crippen LogP contribution in [0.4, 0.5) is 13.2 Å². The number of hydrogen-bond acceptors (Lipinski definition) is 4. The van der Waals surface area contributed by atoms with E-state index in [1.165, 1.54) is 6.92 Å². The van der Waals surface area contributed by atoms with Crippen molar-refractivity contribution in [2.24, 2.45) is 0 Å². The number of aliphatic hydroxyl groups is 1. The number of ether oxygens (including phenoxy) is 1. The Balaban J connectivity index is 0. The number of amides is 1. The number of alkyl halides is 4. The average molecular weight is 282 g/mol. The van der Waals surface area contributed by atoms with E-state index in [-0.39, 0.29) is 12.1 Å². The van der Waals surface area contributed by atoms with Gasteiger partial charge in [-0.25, -0.2) is 4.79 Å². The summed E-state index contributed by atoms with van der Waals surface area (Å²) in [7, 11) is 0. The molecule has 0 aliphatic rings. The van der Waals surface area contributed by atoms with Crippen LogP contribution >= 0.6 is 11.6 Å². The summed E-state index contributed by atoms with van der Waals surface area (Å²) >= 11 is 4.95. The van der Waals surface area contributed by atoms with Crippen molar-refractivity contribution >= 4 is 23.5 Å². The summed E-state index contributed by atoms with van der Waals surface area (Å²) < 4.78 is 41.1. The molecule has 10 heteroatoms. The number of halogens is 4. The van der Waals surface area contributed by atoms with Crippen LogP contribution in [-0.4, -0.2) is 46.8 Å². The van der Waals surface area contributed by atoms with Gasteiger partial charge in [-0.15, -0.1) is 11.6 Å². The van der Waals surface area contributed by atoms with E-state index in [1.807, 2.05) is 0 Å². The fraction of sp³-hybridized carbons (Fsp3) is 0.714. The largest absolute Gasteiger partial charge is 0.462 e. The molecule has 0 aliphatic heterocycles. The first kappa shape index (κ1) is 18.3. The SMILES string of the molecule is CCOC(=O)C(O)(NC(=O)CCl)C(F)(F)F.O. The molecule has 0 saturated heterocycles. The second-order valence-corrected chi connectivity index (χ2v) is 2.88. The number of esters is 1. The van der Waals surface area contributed by atoms with Crippen LogP contribution in [0.5, 0.6) is 0 Å². The first-order chi connectivity index (χ1) is 7.19. The van der Waals surface area contributed by atoms with Gasteiger partial charge in [0.15, 0.2) is 0 Å². The molecule has 0 aromatic heterocycles. The molecule has 0 rings (SSSR count). The minimum Gasteiger partial charge on any atom is -0.462 e. The van der Waals surface area contributed by atoms with Gasteiger partial charge in [0.1, 0.15) is 5.88 Å². The van der Waals surface area contributed by atoms with Crippen LogP contribution in [0.1, 0.15) is 6.92 Å². The zero-order chi connectivity index (χ0) is 13.0. The highest BCUT2D eigenvalue weighted by atomic mass is 35.5. The molecule has 0 heterocycles. The molecule has 0 bridgehead atoms. The molecule has 0 spiro atoms. The molecule has 0 aliphatic carbocycles. The standard InChI is InChI=1S/C7H9ClF3NO4.H2O/c1-2-16-5(14)6(15,7(9,10)11)12-4(13)3-8;/h15H,2-3H2,1H3,(H,12,13);1H2. The number of rotatable bonds is 4. The highest BCUT2D eigenvalue weighted by Gasteiger charge is 2.62. The van der Waals surface area contributed by atoms with Crippen LogP contribution in [0.2, 0.25) is 0 Å². The van der Waals surface area contributed by atoms with Crippen molar-refractivity contribution in [3.05, 3.63) is 0 Å². The zero-order valence-corrected chi connectivity index (χ0v) is 9.35. The lowest BCUT2D eigenvalue weighted by atomic mass is 10.2. The lowest BCUT2D eigenvalue weighted by Gasteiger charge is -2.28. The molecule has 17 heavy (non-hydrogen) atoms. The Morgan fingerprint density at radius 1 is 1.41 bits per heavy atom. The third-order valence-electron chi connectivity index (χ3n) is 1.42. The average Bonchev–Trinajstić information content (AvgIpc) is 2.16. The third kappa shape index (κ3) is 4.36. The van der Waals surface area contributed by atoms with E-state index >= 15 is 0 Å². The molecule has 0 aromatic rings. The minimum atomic E-state index is -5.40. The molecule has 0 saturated carbocycles. The van der Waals surface area contributed by atoms with E-state index in [1.54, 1.807) is 0 Å². The Morgan fingerprint density at radius 3 is 2.18 bits per heavy atom. The second-order valence-electron chi connectivity index (χ2n) is 2.61. The lowest BCUT2D eigenvalue weighted by Crippen LogP contribution is -2.64. The quantitative estimate of drug-likeness (QED) is 0.405. The Kier molecular flexibility index (Phi) is 7.13. The molecule has 102 valence electrons. The summed E-state index contributed by atoms with van der Waals surface area (Å²) in [6, 6.07) is 0.